The molecule has 32 heavy (non-hydrogen) atoms. The molecule has 1 saturated heterocycles. The molecule has 2 aliphatic rings. The van der Waals surface area contributed by atoms with Crippen molar-refractivity contribution in [3.8, 4) is 0 Å². The molecule has 2 heterocycles. The Morgan fingerprint density at radius 3 is 2.34 bits per heavy atom. The number of hydrogen-bond donors (Lipinski definition) is 0. The van der Waals surface area contributed by atoms with Crippen molar-refractivity contribution >= 4 is 33.2 Å². The van der Waals surface area contributed by atoms with E-state index in [1.165, 1.54) is 4.90 Å². The van der Waals surface area contributed by atoms with E-state index in [9.17, 15) is 33.4 Å². The molecule has 1 amide bonds. The van der Waals surface area contributed by atoms with Crippen molar-refractivity contribution in [1.82, 2.24) is 4.31 Å². The van der Waals surface area contributed by atoms with Gasteiger partial charge < -0.3 is 4.74 Å². The zero-order valence-corrected chi connectivity index (χ0v) is 17.4. The van der Waals surface area contributed by atoms with Crippen molar-refractivity contribution in [3.63, 3.8) is 0 Å². The molecule has 1 fully saturated rings. The maximum atomic E-state index is 13.1. The molecule has 0 unspecified atom stereocenters. The third-order valence-electron chi connectivity index (χ3n) is 5.56. The molecule has 0 bridgehead atoms. The monoisotopic (exact) mass is 462 g/mol. The predicted octanol–water partition coefficient (Wildman–Crippen LogP) is 2.81. The fourth-order valence-electron chi connectivity index (χ4n) is 3.98. The van der Waals surface area contributed by atoms with E-state index in [-0.39, 0.29) is 25.7 Å². The highest BCUT2D eigenvalue weighted by Crippen LogP contribution is 2.35. The van der Waals surface area contributed by atoms with Gasteiger partial charge in [-0.05, 0) is 25.0 Å². The van der Waals surface area contributed by atoms with E-state index in [0.717, 1.165) is 27.7 Å². The van der Waals surface area contributed by atoms with Crippen molar-refractivity contribution < 1.29 is 27.8 Å². The smallest absolute Gasteiger partial charge is 0.414 e. The van der Waals surface area contributed by atoms with Crippen LogP contribution in [0.1, 0.15) is 18.4 Å². The summed E-state index contributed by atoms with van der Waals surface area (Å²) < 4.78 is 32.5. The average Bonchev–Trinajstić information content (AvgIpc) is 2.78. The number of cyclic esters (lactones) is 1. The Kier molecular flexibility index (Phi) is 5.52. The molecular weight excluding hydrogens is 444 g/mol. The van der Waals surface area contributed by atoms with E-state index in [2.05, 4.69) is 0 Å². The Labute approximate surface area is 182 Å². The minimum absolute atomic E-state index is 0.0209. The van der Waals surface area contributed by atoms with E-state index >= 15 is 0 Å². The number of amides is 1. The van der Waals surface area contributed by atoms with Crippen LogP contribution in [0.25, 0.3) is 0 Å². The van der Waals surface area contributed by atoms with E-state index < -0.39 is 42.2 Å². The van der Waals surface area contributed by atoms with Gasteiger partial charge in [0.25, 0.3) is 11.4 Å². The van der Waals surface area contributed by atoms with Gasteiger partial charge in [0.05, 0.1) is 21.6 Å². The second-order valence-electron chi connectivity index (χ2n) is 7.35. The quantitative estimate of drug-likeness (QED) is 0.485. The van der Waals surface area contributed by atoms with E-state index in [1.807, 2.05) is 12.1 Å². The number of non-ortho nitro benzene ring substituents is 1. The number of ether oxygens (including phenoxy) is 1. The zero-order valence-electron chi connectivity index (χ0n) is 16.6. The lowest BCUT2D eigenvalue weighted by atomic mass is 10.0. The van der Waals surface area contributed by atoms with Gasteiger partial charge in [-0.2, -0.15) is 4.31 Å². The number of nitrogens with zero attached hydrogens (tertiary/aromatic N) is 4. The number of anilines is 1. The van der Waals surface area contributed by atoms with Gasteiger partial charge in [-0.3, -0.25) is 25.1 Å². The lowest BCUT2D eigenvalue weighted by Gasteiger charge is -2.39. The van der Waals surface area contributed by atoms with Crippen LogP contribution in [-0.2, 0) is 21.4 Å². The molecule has 0 saturated carbocycles. The molecule has 12 nitrogen and oxygen atoms in total. The number of nitro groups is 2. The van der Waals surface area contributed by atoms with Crippen LogP contribution in [0.15, 0.2) is 47.4 Å². The van der Waals surface area contributed by atoms with Gasteiger partial charge in [-0.15, -0.1) is 0 Å². The topological polar surface area (TPSA) is 153 Å². The summed E-state index contributed by atoms with van der Waals surface area (Å²) in [5.41, 5.74) is 0.145. The molecule has 2 aromatic carbocycles. The fourth-order valence-corrected chi connectivity index (χ4v) is 5.59. The van der Waals surface area contributed by atoms with Gasteiger partial charge in [0, 0.05) is 30.8 Å². The summed E-state index contributed by atoms with van der Waals surface area (Å²) in [5, 5.41) is 22.3. The van der Waals surface area contributed by atoms with Gasteiger partial charge in [0.1, 0.15) is 6.61 Å². The van der Waals surface area contributed by atoms with Crippen LogP contribution in [0.5, 0.6) is 0 Å². The van der Waals surface area contributed by atoms with Gasteiger partial charge in [-0.1, -0.05) is 18.2 Å². The summed E-state index contributed by atoms with van der Waals surface area (Å²) in [7, 11) is -4.27. The van der Waals surface area contributed by atoms with Crippen LogP contribution >= 0.6 is 0 Å². The summed E-state index contributed by atoms with van der Waals surface area (Å²) >= 11 is 0. The number of piperidine rings is 1. The van der Waals surface area contributed by atoms with Crippen LogP contribution in [0.3, 0.4) is 0 Å². The third kappa shape index (κ3) is 3.76. The lowest BCUT2D eigenvalue weighted by Crippen LogP contribution is -2.50. The SMILES string of the molecule is O=C1OCc2ccccc2N1C1CCN(S(=O)(=O)c2ccc([N+](=O)[O-])cc2[N+](=O)[O-])CC1. The minimum Gasteiger partial charge on any atom is -0.444 e. The zero-order chi connectivity index (χ0) is 23.0. The number of sulfonamides is 1. The summed E-state index contributed by atoms with van der Waals surface area (Å²) in [6.45, 7) is 0.211. The third-order valence-corrected chi connectivity index (χ3v) is 7.50. The first kappa shape index (κ1) is 21.6. The first-order valence-electron chi connectivity index (χ1n) is 9.67. The Bertz CT molecular complexity index is 1210. The summed E-state index contributed by atoms with van der Waals surface area (Å²) in [6.07, 6.45) is 0.0865. The molecule has 0 aromatic heterocycles. The molecule has 0 spiro atoms. The number of nitro benzene ring substituents is 2. The molecule has 2 aliphatic heterocycles. The highest BCUT2D eigenvalue weighted by atomic mass is 32.2. The molecule has 0 radical (unpaired) electrons. The number of carbonyl (C=O) groups excluding carboxylic acids is 1. The highest BCUT2D eigenvalue weighted by Gasteiger charge is 2.39. The Morgan fingerprint density at radius 1 is 1.00 bits per heavy atom. The fraction of sp³-hybridized carbons (Fsp3) is 0.316. The molecule has 4 rings (SSSR count). The van der Waals surface area contributed by atoms with Crippen LogP contribution in [-0.4, -0.2) is 47.8 Å². The Hall–Kier alpha value is -3.58. The maximum Gasteiger partial charge on any atom is 0.414 e. The summed E-state index contributed by atoms with van der Waals surface area (Å²) in [6, 6.07) is 9.44. The minimum atomic E-state index is -4.27. The molecule has 0 N–H and O–H groups in total. The second kappa shape index (κ2) is 8.16. The second-order valence-corrected chi connectivity index (χ2v) is 9.26. The lowest BCUT2D eigenvalue weighted by molar-refractivity contribution is -0.396. The van der Waals surface area contributed by atoms with E-state index in [4.69, 9.17) is 4.74 Å². The molecule has 168 valence electrons. The largest absolute Gasteiger partial charge is 0.444 e. The summed E-state index contributed by atoms with van der Waals surface area (Å²) in [4.78, 5) is 33.8. The first-order chi connectivity index (χ1) is 15.2. The summed E-state index contributed by atoms with van der Waals surface area (Å²) in [5.74, 6) is 0. The number of benzene rings is 2. The predicted molar refractivity (Wildman–Crippen MR) is 111 cm³/mol. The van der Waals surface area contributed by atoms with Crippen molar-refractivity contribution in [2.45, 2.75) is 30.4 Å². The van der Waals surface area contributed by atoms with Crippen molar-refractivity contribution in [2.24, 2.45) is 0 Å². The normalized spacial score (nSPS) is 17.5. The van der Waals surface area contributed by atoms with E-state index in [1.54, 1.807) is 12.1 Å². The van der Waals surface area contributed by atoms with Crippen LogP contribution in [0.4, 0.5) is 21.9 Å². The number of rotatable bonds is 5. The number of carbonyl (C=O) groups is 1. The standard InChI is InChI=1S/C19H18N4O8S/c24-19-21(16-4-2-1-3-13(16)12-31-19)14-7-9-20(10-8-14)32(29,30)18-6-5-15(22(25)26)11-17(18)23(27)28/h1-6,11,14H,7-10,12H2. The number of para-hydroxylation sites is 1. The Balaban J connectivity index is 1.57. The molecule has 13 heteroatoms. The van der Waals surface area contributed by atoms with Crippen molar-refractivity contribution in [3.05, 3.63) is 68.3 Å². The number of fused-ring (bicyclic) bond motifs is 1. The molecule has 0 aliphatic carbocycles. The number of hydrogen-bond acceptors (Lipinski definition) is 8. The van der Waals surface area contributed by atoms with Crippen LogP contribution < -0.4 is 4.90 Å². The van der Waals surface area contributed by atoms with Gasteiger partial charge in [0.15, 0.2) is 4.90 Å². The first-order valence-corrected chi connectivity index (χ1v) is 11.1. The highest BCUT2D eigenvalue weighted by molar-refractivity contribution is 7.89. The van der Waals surface area contributed by atoms with Crippen molar-refractivity contribution in [2.75, 3.05) is 18.0 Å². The van der Waals surface area contributed by atoms with Gasteiger partial charge >= 0.3 is 6.09 Å². The maximum absolute atomic E-state index is 13.1. The van der Waals surface area contributed by atoms with Gasteiger partial charge in [-0.25, -0.2) is 13.2 Å². The van der Waals surface area contributed by atoms with Crippen molar-refractivity contribution in [1.29, 1.82) is 0 Å². The van der Waals surface area contributed by atoms with Crippen LogP contribution in [0, 0.1) is 20.2 Å². The molecule has 2 aromatic rings. The van der Waals surface area contributed by atoms with Crippen LogP contribution in [0.2, 0.25) is 0 Å². The van der Waals surface area contributed by atoms with Gasteiger partial charge in [0.2, 0.25) is 10.0 Å². The average molecular weight is 462 g/mol. The van der Waals surface area contributed by atoms with E-state index in [0.29, 0.717) is 18.9 Å². The molecular formula is C19H18N4O8S. The Morgan fingerprint density at radius 2 is 1.69 bits per heavy atom. The molecule has 0 atom stereocenters.